The lowest BCUT2D eigenvalue weighted by Crippen LogP contribution is -2.49. The van der Waals surface area contributed by atoms with Crippen LogP contribution in [0.1, 0.15) is 36.2 Å². The minimum atomic E-state index is -0.592. The summed E-state index contributed by atoms with van der Waals surface area (Å²) < 4.78 is 0. The number of imide groups is 1. The van der Waals surface area contributed by atoms with Gasteiger partial charge in [0.1, 0.15) is 6.54 Å². The van der Waals surface area contributed by atoms with Gasteiger partial charge in [0.2, 0.25) is 0 Å². The Morgan fingerprint density at radius 2 is 1.67 bits per heavy atom. The first-order valence-corrected chi connectivity index (χ1v) is 12.3. The Morgan fingerprint density at radius 3 is 2.28 bits per heavy atom. The van der Waals surface area contributed by atoms with E-state index in [2.05, 4.69) is 27.7 Å². The van der Waals surface area contributed by atoms with E-state index >= 15 is 0 Å². The van der Waals surface area contributed by atoms with E-state index in [1.54, 1.807) is 29.2 Å². The third-order valence-electron chi connectivity index (χ3n) is 6.03. The summed E-state index contributed by atoms with van der Waals surface area (Å²) in [4.78, 5) is 43.4. The average molecular weight is 491 g/mol. The topological polar surface area (TPSA) is 109 Å². The van der Waals surface area contributed by atoms with Gasteiger partial charge in [0, 0.05) is 50.5 Å². The molecule has 2 aromatic rings. The van der Waals surface area contributed by atoms with Gasteiger partial charge in [-0.15, -0.1) is 0 Å². The molecule has 9 heteroatoms. The van der Waals surface area contributed by atoms with Crippen LogP contribution in [0.4, 0.5) is 15.3 Å². The first-order chi connectivity index (χ1) is 17.4. The molecule has 36 heavy (non-hydrogen) atoms. The maximum absolute atomic E-state index is 13.0. The van der Waals surface area contributed by atoms with Crippen molar-refractivity contribution in [3.8, 4) is 6.07 Å². The van der Waals surface area contributed by atoms with Gasteiger partial charge in [-0.05, 0) is 42.2 Å². The van der Waals surface area contributed by atoms with Gasteiger partial charge in [-0.3, -0.25) is 14.6 Å². The van der Waals surface area contributed by atoms with Gasteiger partial charge >= 0.3 is 12.1 Å². The molecule has 0 aliphatic carbocycles. The zero-order valence-corrected chi connectivity index (χ0v) is 20.9. The predicted molar refractivity (Wildman–Crippen MR) is 138 cm³/mol. The molecule has 1 aliphatic rings. The largest absolute Gasteiger partial charge is 0.325 e. The first-order valence-electron chi connectivity index (χ1n) is 12.3. The Balaban J connectivity index is 1.53. The van der Waals surface area contributed by atoms with E-state index in [9.17, 15) is 14.4 Å². The van der Waals surface area contributed by atoms with Crippen LogP contribution < -0.4 is 10.6 Å². The third-order valence-corrected chi connectivity index (χ3v) is 6.03. The maximum atomic E-state index is 13.0. The number of piperazine rings is 1. The van der Waals surface area contributed by atoms with E-state index in [1.807, 2.05) is 38.1 Å². The van der Waals surface area contributed by atoms with E-state index in [1.165, 1.54) is 5.56 Å². The van der Waals surface area contributed by atoms with Crippen LogP contribution in [0, 0.1) is 17.2 Å². The Morgan fingerprint density at radius 1 is 1.00 bits per heavy atom. The highest BCUT2D eigenvalue weighted by Crippen LogP contribution is 2.15. The van der Waals surface area contributed by atoms with Gasteiger partial charge in [-0.1, -0.05) is 44.2 Å². The number of rotatable bonds is 8. The standard InChI is InChI=1S/C27H34N6O3/c1-21(2)12-15-33(26(35)29-14-13-28)25(34)23-8-10-24(11-9-23)30-27(36)32-18-16-31(17-19-32)20-22-6-4-3-5-7-22/h3-11,21H,12,14-20H2,1-2H3,(H,29,35)(H,30,36). The van der Waals surface area contributed by atoms with Gasteiger partial charge in [0.05, 0.1) is 6.07 Å². The second kappa shape index (κ2) is 13.3. The maximum Gasteiger partial charge on any atom is 0.325 e. The number of benzene rings is 2. The number of urea groups is 2. The SMILES string of the molecule is CC(C)CCN(C(=O)NCC#N)C(=O)c1ccc(NC(=O)N2CCN(Cc3ccccc3)CC2)cc1. The van der Waals surface area contributed by atoms with E-state index in [0.29, 0.717) is 36.7 Å². The molecular weight excluding hydrogens is 456 g/mol. The summed E-state index contributed by atoms with van der Waals surface area (Å²) in [6, 6.07) is 17.9. The van der Waals surface area contributed by atoms with Crippen LogP contribution >= 0.6 is 0 Å². The van der Waals surface area contributed by atoms with Crippen molar-refractivity contribution in [2.24, 2.45) is 5.92 Å². The second-order valence-corrected chi connectivity index (χ2v) is 9.21. The molecule has 190 valence electrons. The Labute approximate surface area is 212 Å². The molecule has 1 aliphatic heterocycles. The van der Waals surface area contributed by atoms with Crippen molar-refractivity contribution >= 4 is 23.7 Å². The Bertz CT molecular complexity index is 1060. The van der Waals surface area contributed by atoms with Crippen molar-refractivity contribution in [1.82, 2.24) is 20.0 Å². The van der Waals surface area contributed by atoms with E-state index in [-0.39, 0.29) is 19.1 Å². The molecule has 0 atom stereocenters. The fourth-order valence-electron chi connectivity index (χ4n) is 3.90. The number of carbonyl (C=O) groups excluding carboxylic acids is 3. The fourth-order valence-corrected chi connectivity index (χ4v) is 3.90. The molecule has 0 bridgehead atoms. The van der Waals surface area contributed by atoms with Crippen LogP contribution in [-0.2, 0) is 6.54 Å². The number of hydrogen-bond acceptors (Lipinski definition) is 5. The lowest BCUT2D eigenvalue weighted by Gasteiger charge is -2.34. The summed E-state index contributed by atoms with van der Waals surface area (Å²) in [5.74, 6) is -0.139. The molecule has 0 spiro atoms. The first kappa shape index (κ1) is 26.7. The molecule has 0 aromatic heterocycles. The summed E-state index contributed by atoms with van der Waals surface area (Å²) >= 11 is 0. The zero-order valence-electron chi connectivity index (χ0n) is 20.9. The highest BCUT2D eigenvalue weighted by molar-refractivity contribution is 6.04. The van der Waals surface area contributed by atoms with Crippen LogP contribution in [-0.4, -0.2) is 71.9 Å². The number of nitrogens with zero attached hydrogens (tertiary/aromatic N) is 4. The van der Waals surface area contributed by atoms with Crippen LogP contribution in [0.3, 0.4) is 0 Å². The fraction of sp³-hybridized carbons (Fsp3) is 0.407. The van der Waals surface area contributed by atoms with Gasteiger partial charge in [-0.25, -0.2) is 9.59 Å². The Kier molecular flexibility index (Phi) is 9.83. The summed E-state index contributed by atoms with van der Waals surface area (Å²) in [5, 5.41) is 14.1. The highest BCUT2D eigenvalue weighted by atomic mass is 16.2. The summed E-state index contributed by atoms with van der Waals surface area (Å²) in [6.07, 6.45) is 0.651. The van der Waals surface area contributed by atoms with Crippen molar-refractivity contribution in [3.05, 3.63) is 65.7 Å². The van der Waals surface area contributed by atoms with Crippen molar-refractivity contribution in [3.63, 3.8) is 0 Å². The predicted octanol–water partition coefficient (Wildman–Crippen LogP) is 3.76. The summed E-state index contributed by atoms with van der Waals surface area (Å²) in [5.41, 5.74) is 2.17. The number of nitriles is 1. The Hall–Kier alpha value is -3.90. The van der Waals surface area contributed by atoms with Crippen LogP contribution in [0.25, 0.3) is 0 Å². The molecule has 0 radical (unpaired) electrons. The summed E-state index contributed by atoms with van der Waals surface area (Å²) in [6.45, 7) is 7.85. The molecule has 0 unspecified atom stereocenters. The quantitative estimate of drug-likeness (QED) is 0.548. The molecular formula is C27H34N6O3. The molecule has 5 amide bonds. The van der Waals surface area contributed by atoms with E-state index in [4.69, 9.17) is 5.26 Å². The third kappa shape index (κ3) is 7.82. The van der Waals surface area contributed by atoms with Gasteiger partial charge in [0.25, 0.3) is 5.91 Å². The lowest BCUT2D eigenvalue weighted by molar-refractivity contribution is 0.0795. The zero-order chi connectivity index (χ0) is 25.9. The van der Waals surface area contributed by atoms with Crippen molar-refractivity contribution in [1.29, 1.82) is 5.26 Å². The molecule has 1 fully saturated rings. The molecule has 1 heterocycles. The van der Waals surface area contributed by atoms with Crippen LogP contribution in [0.5, 0.6) is 0 Å². The minimum absolute atomic E-state index is 0.171. The van der Waals surface area contributed by atoms with Gasteiger partial charge < -0.3 is 15.5 Å². The molecule has 9 nitrogen and oxygen atoms in total. The van der Waals surface area contributed by atoms with Crippen LogP contribution in [0.15, 0.2) is 54.6 Å². The highest BCUT2D eigenvalue weighted by Gasteiger charge is 2.24. The number of nitrogens with one attached hydrogen (secondary N) is 2. The second-order valence-electron chi connectivity index (χ2n) is 9.21. The number of anilines is 1. The normalized spacial score (nSPS) is 13.7. The molecule has 1 saturated heterocycles. The average Bonchev–Trinajstić information content (AvgIpc) is 2.88. The smallest absolute Gasteiger partial charge is 0.325 e. The van der Waals surface area contributed by atoms with Crippen molar-refractivity contribution in [2.75, 3.05) is 44.6 Å². The van der Waals surface area contributed by atoms with Crippen molar-refractivity contribution < 1.29 is 14.4 Å². The van der Waals surface area contributed by atoms with Crippen LogP contribution in [0.2, 0.25) is 0 Å². The monoisotopic (exact) mass is 490 g/mol. The van der Waals surface area contributed by atoms with Crippen molar-refractivity contribution in [2.45, 2.75) is 26.8 Å². The van der Waals surface area contributed by atoms with Gasteiger partial charge in [-0.2, -0.15) is 5.26 Å². The number of hydrogen-bond donors (Lipinski definition) is 2. The number of carbonyl (C=O) groups is 3. The minimum Gasteiger partial charge on any atom is -0.325 e. The molecule has 3 rings (SSSR count). The molecule has 2 N–H and O–H groups in total. The molecule has 2 aromatic carbocycles. The van der Waals surface area contributed by atoms with E-state index < -0.39 is 11.9 Å². The van der Waals surface area contributed by atoms with Gasteiger partial charge in [0.15, 0.2) is 0 Å². The summed E-state index contributed by atoms with van der Waals surface area (Å²) in [7, 11) is 0. The lowest BCUT2D eigenvalue weighted by atomic mass is 10.1. The number of amides is 5. The molecule has 0 saturated carbocycles. The van der Waals surface area contributed by atoms with E-state index in [0.717, 1.165) is 24.5 Å².